The van der Waals surface area contributed by atoms with Gasteiger partial charge in [0.05, 0.1) is 0 Å². The Bertz CT molecular complexity index is 563. The zero-order chi connectivity index (χ0) is 14.0. The van der Waals surface area contributed by atoms with Crippen LogP contribution in [0.1, 0.15) is 18.2 Å². The van der Waals surface area contributed by atoms with E-state index in [1.165, 1.54) is 0 Å². The average molecular weight is 273 g/mol. The van der Waals surface area contributed by atoms with Gasteiger partial charge in [0.25, 0.3) is 0 Å². The van der Waals surface area contributed by atoms with Gasteiger partial charge < -0.3 is 14.9 Å². The van der Waals surface area contributed by atoms with Gasteiger partial charge in [-0.1, -0.05) is 18.2 Å². The molecule has 0 amide bonds. The highest BCUT2D eigenvalue weighted by molar-refractivity contribution is 5.82. The first kappa shape index (κ1) is 13.9. The average Bonchev–Trinajstić information content (AvgIpc) is 2.72. The van der Waals surface area contributed by atoms with E-state index in [1.807, 2.05) is 12.1 Å². The number of rotatable bonds is 4. The summed E-state index contributed by atoms with van der Waals surface area (Å²) in [7, 11) is 0. The number of halogens is 3. The van der Waals surface area contributed by atoms with E-state index < -0.39 is 12.3 Å². The predicted octanol–water partition coefficient (Wildman–Crippen LogP) is 3.36. The molecule has 2 N–H and O–H groups in total. The molecule has 0 saturated heterocycles. The van der Waals surface area contributed by atoms with Gasteiger partial charge in [0.2, 0.25) is 0 Å². The fourth-order valence-corrected chi connectivity index (χ4v) is 1.79. The summed E-state index contributed by atoms with van der Waals surface area (Å²) in [6, 6.07) is 7.16. The SMILES string of the molecule is CC(OCc1oc2ccccc2c1CN)C(F)(F)F. The van der Waals surface area contributed by atoms with Crippen LogP contribution in [-0.2, 0) is 17.9 Å². The van der Waals surface area contributed by atoms with Crippen LogP contribution >= 0.6 is 0 Å². The summed E-state index contributed by atoms with van der Waals surface area (Å²) in [5.74, 6) is 0.347. The third-order valence-corrected chi connectivity index (χ3v) is 2.91. The molecule has 1 heterocycles. The Morgan fingerprint density at radius 2 is 2.00 bits per heavy atom. The summed E-state index contributed by atoms with van der Waals surface area (Å²) in [5, 5.41) is 0.809. The fraction of sp³-hybridized carbons (Fsp3) is 0.385. The summed E-state index contributed by atoms with van der Waals surface area (Å²) in [6.45, 7) is 0.906. The number of nitrogens with two attached hydrogens (primary N) is 1. The topological polar surface area (TPSA) is 48.4 Å². The first-order valence-electron chi connectivity index (χ1n) is 5.81. The van der Waals surface area contributed by atoms with Crippen LogP contribution in [-0.4, -0.2) is 12.3 Å². The van der Waals surface area contributed by atoms with E-state index in [2.05, 4.69) is 0 Å². The molecule has 3 nitrogen and oxygen atoms in total. The molecule has 0 saturated carbocycles. The lowest BCUT2D eigenvalue weighted by molar-refractivity contribution is -0.218. The van der Waals surface area contributed by atoms with E-state index in [1.54, 1.807) is 12.1 Å². The zero-order valence-electron chi connectivity index (χ0n) is 10.3. The van der Waals surface area contributed by atoms with Gasteiger partial charge in [-0.2, -0.15) is 13.2 Å². The molecule has 2 aromatic rings. The second-order valence-electron chi connectivity index (χ2n) is 4.20. The molecule has 0 aliphatic heterocycles. The molecule has 19 heavy (non-hydrogen) atoms. The van der Waals surface area contributed by atoms with Crippen molar-refractivity contribution in [1.29, 1.82) is 0 Å². The zero-order valence-corrected chi connectivity index (χ0v) is 10.3. The molecule has 0 radical (unpaired) electrons. The van der Waals surface area contributed by atoms with Crippen LogP contribution in [0.2, 0.25) is 0 Å². The van der Waals surface area contributed by atoms with Crippen LogP contribution in [0.15, 0.2) is 28.7 Å². The minimum absolute atomic E-state index is 0.191. The number of alkyl halides is 3. The van der Waals surface area contributed by atoms with Crippen molar-refractivity contribution >= 4 is 11.0 Å². The van der Waals surface area contributed by atoms with Crippen molar-refractivity contribution in [3.63, 3.8) is 0 Å². The maximum absolute atomic E-state index is 12.4. The van der Waals surface area contributed by atoms with Crippen LogP contribution in [0.5, 0.6) is 0 Å². The normalized spacial score (nSPS) is 13.9. The van der Waals surface area contributed by atoms with E-state index in [4.69, 9.17) is 14.9 Å². The summed E-state index contributed by atoms with van der Waals surface area (Å²) >= 11 is 0. The third-order valence-electron chi connectivity index (χ3n) is 2.91. The van der Waals surface area contributed by atoms with Gasteiger partial charge in [-0.15, -0.1) is 0 Å². The Kier molecular flexibility index (Phi) is 3.82. The highest BCUT2D eigenvalue weighted by Crippen LogP contribution is 2.28. The van der Waals surface area contributed by atoms with E-state index >= 15 is 0 Å². The molecule has 1 aromatic heterocycles. The summed E-state index contributed by atoms with van der Waals surface area (Å²) in [6.07, 6.45) is -6.22. The summed E-state index contributed by atoms with van der Waals surface area (Å²) in [4.78, 5) is 0. The van der Waals surface area contributed by atoms with Gasteiger partial charge in [-0.3, -0.25) is 0 Å². The summed E-state index contributed by atoms with van der Waals surface area (Å²) < 4.78 is 47.3. The smallest absolute Gasteiger partial charge is 0.414 e. The second-order valence-corrected chi connectivity index (χ2v) is 4.20. The van der Waals surface area contributed by atoms with Gasteiger partial charge in [0.1, 0.15) is 18.0 Å². The largest absolute Gasteiger partial charge is 0.458 e. The highest BCUT2D eigenvalue weighted by atomic mass is 19.4. The number of para-hydroxylation sites is 1. The lowest BCUT2D eigenvalue weighted by Gasteiger charge is -2.15. The van der Waals surface area contributed by atoms with E-state index in [9.17, 15) is 13.2 Å². The molecular formula is C13H14F3NO2. The molecule has 1 unspecified atom stereocenters. The lowest BCUT2D eigenvalue weighted by Crippen LogP contribution is -2.28. The molecule has 0 spiro atoms. The Balaban J connectivity index is 2.21. The Morgan fingerprint density at radius 3 is 2.63 bits per heavy atom. The van der Waals surface area contributed by atoms with Crippen LogP contribution in [0.3, 0.4) is 0 Å². The van der Waals surface area contributed by atoms with Gasteiger partial charge in [0.15, 0.2) is 6.10 Å². The van der Waals surface area contributed by atoms with Crippen molar-refractivity contribution < 1.29 is 22.3 Å². The molecule has 0 fully saturated rings. The number of hydrogen-bond donors (Lipinski definition) is 1. The molecule has 104 valence electrons. The number of fused-ring (bicyclic) bond motifs is 1. The van der Waals surface area contributed by atoms with Crippen molar-refractivity contribution in [3.05, 3.63) is 35.6 Å². The van der Waals surface area contributed by atoms with E-state index in [0.29, 0.717) is 16.9 Å². The lowest BCUT2D eigenvalue weighted by atomic mass is 10.1. The maximum atomic E-state index is 12.4. The Hall–Kier alpha value is -1.53. The number of benzene rings is 1. The molecule has 0 bridgehead atoms. The second kappa shape index (κ2) is 5.22. The van der Waals surface area contributed by atoms with Crippen LogP contribution in [0.4, 0.5) is 13.2 Å². The number of ether oxygens (including phenoxy) is 1. The molecule has 1 atom stereocenters. The molecule has 6 heteroatoms. The minimum atomic E-state index is -4.38. The molecule has 1 aromatic carbocycles. The van der Waals surface area contributed by atoms with Crippen molar-refractivity contribution in [2.24, 2.45) is 5.73 Å². The molecular weight excluding hydrogens is 259 g/mol. The first-order chi connectivity index (χ1) is 8.93. The quantitative estimate of drug-likeness (QED) is 0.929. The molecule has 2 rings (SSSR count). The standard InChI is InChI=1S/C13H14F3NO2/c1-8(13(14,15)16)18-7-12-10(6-17)9-4-2-3-5-11(9)19-12/h2-5,8H,6-7,17H2,1H3. The van der Waals surface area contributed by atoms with Crippen molar-refractivity contribution in [2.75, 3.05) is 0 Å². The predicted molar refractivity (Wildman–Crippen MR) is 64.4 cm³/mol. The van der Waals surface area contributed by atoms with Crippen molar-refractivity contribution in [3.8, 4) is 0 Å². The Morgan fingerprint density at radius 1 is 1.32 bits per heavy atom. The van der Waals surface area contributed by atoms with Crippen LogP contribution in [0, 0.1) is 0 Å². The minimum Gasteiger partial charge on any atom is -0.458 e. The van der Waals surface area contributed by atoms with Crippen LogP contribution in [0.25, 0.3) is 11.0 Å². The maximum Gasteiger partial charge on any atom is 0.414 e. The highest BCUT2D eigenvalue weighted by Gasteiger charge is 2.37. The van der Waals surface area contributed by atoms with Gasteiger partial charge in [0, 0.05) is 17.5 Å². The first-order valence-corrected chi connectivity index (χ1v) is 5.81. The number of hydrogen-bond acceptors (Lipinski definition) is 3. The van der Waals surface area contributed by atoms with Crippen molar-refractivity contribution in [2.45, 2.75) is 32.4 Å². The van der Waals surface area contributed by atoms with Crippen molar-refractivity contribution in [1.82, 2.24) is 0 Å². The Labute approximate surface area is 108 Å². The molecule has 0 aliphatic carbocycles. The van der Waals surface area contributed by atoms with Gasteiger partial charge in [-0.25, -0.2) is 0 Å². The van der Waals surface area contributed by atoms with E-state index in [0.717, 1.165) is 12.3 Å². The van der Waals surface area contributed by atoms with E-state index in [-0.39, 0.29) is 13.2 Å². The van der Waals surface area contributed by atoms with Gasteiger partial charge in [-0.05, 0) is 13.0 Å². The fourth-order valence-electron chi connectivity index (χ4n) is 1.79. The van der Waals surface area contributed by atoms with Gasteiger partial charge >= 0.3 is 6.18 Å². The monoisotopic (exact) mass is 273 g/mol. The summed E-state index contributed by atoms with van der Waals surface area (Å²) in [5.41, 5.74) is 6.90. The number of furan rings is 1. The molecule has 0 aliphatic rings. The van der Waals surface area contributed by atoms with Crippen LogP contribution < -0.4 is 5.73 Å². The third kappa shape index (κ3) is 2.90.